The average molecular weight is 207 g/mol. The fourth-order valence-electron chi connectivity index (χ4n) is 1.56. The SMILES string of the molecule is CCC(C1=S(=O)(O)O1)N(CC)CC. The van der Waals surface area contributed by atoms with Gasteiger partial charge < -0.3 is 0 Å². The minimum absolute atomic E-state index is 0.00694. The smallest absolute Gasteiger partial charge is 0.236 e. The summed E-state index contributed by atoms with van der Waals surface area (Å²) in [6, 6.07) is 0.00694. The third-order valence-electron chi connectivity index (χ3n) is 2.33. The van der Waals surface area contributed by atoms with Crippen LogP contribution in [0, 0.1) is 0 Å². The van der Waals surface area contributed by atoms with Crippen molar-refractivity contribution in [2.75, 3.05) is 13.1 Å². The molecule has 1 heterocycles. The lowest BCUT2D eigenvalue weighted by molar-refractivity contribution is 0.255. The van der Waals surface area contributed by atoms with Crippen LogP contribution in [0.5, 0.6) is 0 Å². The summed E-state index contributed by atoms with van der Waals surface area (Å²) in [6.07, 6.45) is 0.814. The molecule has 78 valence electrons. The lowest BCUT2D eigenvalue weighted by atomic mass is 10.2. The Morgan fingerprint density at radius 2 is 1.92 bits per heavy atom. The number of rotatable bonds is 5. The van der Waals surface area contributed by atoms with E-state index in [4.69, 9.17) is 8.74 Å². The van der Waals surface area contributed by atoms with Crippen molar-refractivity contribution in [2.45, 2.75) is 33.2 Å². The van der Waals surface area contributed by atoms with Crippen LogP contribution in [-0.4, -0.2) is 37.8 Å². The molecule has 0 fully saturated rings. The van der Waals surface area contributed by atoms with E-state index >= 15 is 0 Å². The molecule has 0 aromatic rings. The topological polar surface area (TPSA) is 53.1 Å². The van der Waals surface area contributed by atoms with Crippen LogP contribution < -0.4 is 0 Å². The summed E-state index contributed by atoms with van der Waals surface area (Å²) < 4.78 is 24.8. The maximum atomic E-state index is 11.0. The molecule has 1 rings (SSSR count). The van der Waals surface area contributed by atoms with E-state index in [1.54, 1.807) is 0 Å². The summed E-state index contributed by atoms with van der Waals surface area (Å²) in [5.74, 6) is 0. The standard InChI is InChI=1S/C8H17NO3S/c1-4-7(9(5-2)6-3)8-12-13(8,10)11/h7H,4-6H2,1-3H3,(H,10,11). The highest BCUT2D eigenvalue weighted by atomic mass is 32.3. The molecule has 1 aliphatic rings. The first-order valence-electron chi connectivity index (χ1n) is 4.63. The second-order valence-electron chi connectivity index (χ2n) is 3.02. The van der Waals surface area contributed by atoms with Gasteiger partial charge in [-0.3, -0.25) is 9.45 Å². The van der Waals surface area contributed by atoms with E-state index in [1.807, 2.05) is 20.8 Å². The maximum absolute atomic E-state index is 11.0. The van der Waals surface area contributed by atoms with Crippen LogP contribution >= 0.6 is 0 Å². The minimum Gasteiger partial charge on any atom is -0.294 e. The highest BCUT2D eigenvalue weighted by Gasteiger charge is 2.39. The number of hydrogen-bond donors (Lipinski definition) is 1. The van der Waals surface area contributed by atoms with E-state index < -0.39 is 10.1 Å². The van der Waals surface area contributed by atoms with Gasteiger partial charge in [0.15, 0.2) is 5.05 Å². The first-order chi connectivity index (χ1) is 6.06. The highest BCUT2D eigenvalue weighted by Crippen LogP contribution is 2.21. The van der Waals surface area contributed by atoms with Gasteiger partial charge in [-0.25, -0.2) is 8.39 Å². The number of hydrogen-bond acceptors (Lipinski definition) is 3. The van der Waals surface area contributed by atoms with Crippen LogP contribution in [0.25, 0.3) is 0 Å². The quantitative estimate of drug-likeness (QED) is 0.682. The monoisotopic (exact) mass is 207 g/mol. The molecule has 0 saturated heterocycles. The number of likely N-dealkylation sites (N-methyl/N-ethyl adjacent to an activating group) is 1. The van der Waals surface area contributed by atoms with E-state index in [0.29, 0.717) is 5.05 Å². The fourth-order valence-corrected chi connectivity index (χ4v) is 2.69. The van der Waals surface area contributed by atoms with Crippen LogP contribution in [0.3, 0.4) is 0 Å². The molecule has 0 bridgehead atoms. The van der Waals surface area contributed by atoms with Gasteiger partial charge in [0.05, 0.1) is 6.04 Å². The van der Waals surface area contributed by atoms with Crippen molar-refractivity contribution in [3.05, 3.63) is 0 Å². The average Bonchev–Trinajstić information content (AvgIpc) is 2.70. The summed E-state index contributed by atoms with van der Waals surface area (Å²) in [7, 11) is -3.01. The molecular weight excluding hydrogens is 190 g/mol. The Hall–Kier alpha value is -0.100. The molecule has 1 N–H and O–H groups in total. The van der Waals surface area contributed by atoms with E-state index in [-0.39, 0.29) is 6.04 Å². The predicted octanol–water partition coefficient (Wildman–Crippen LogP) is 0.939. The van der Waals surface area contributed by atoms with Gasteiger partial charge in [0.2, 0.25) is 10.1 Å². The maximum Gasteiger partial charge on any atom is 0.236 e. The normalized spacial score (nSPS) is 29.5. The van der Waals surface area contributed by atoms with E-state index in [0.717, 1.165) is 19.5 Å². The van der Waals surface area contributed by atoms with Crippen LogP contribution in [0.15, 0.2) is 0 Å². The number of nitrogens with zero attached hydrogens (tertiary/aromatic N) is 1. The minimum atomic E-state index is -3.01. The Morgan fingerprint density at radius 3 is 2.15 bits per heavy atom. The molecule has 1 aliphatic heterocycles. The Kier molecular flexibility index (Phi) is 3.34. The fraction of sp³-hybridized carbons (Fsp3) is 0.875. The predicted molar refractivity (Wildman–Crippen MR) is 53.9 cm³/mol. The van der Waals surface area contributed by atoms with Crippen LogP contribution in [0.2, 0.25) is 0 Å². The van der Waals surface area contributed by atoms with Crippen molar-refractivity contribution in [3.8, 4) is 0 Å². The van der Waals surface area contributed by atoms with E-state index in [2.05, 4.69) is 4.90 Å². The van der Waals surface area contributed by atoms with Gasteiger partial charge in [-0.15, -0.1) is 0 Å². The van der Waals surface area contributed by atoms with Gasteiger partial charge >= 0.3 is 0 Å². The largest absolute Gasteiger partial charge is 0.294 e. The summed E-state index contributed by atoms with van der Waals surface area (Å²) in [5.41, 5.74) is 0. The third-order valence-corrected chi connectivity index (χ3v) is 3.45. The Balaban J connectivity index is 2.75. The summed E-state index contributed by atoms with van der Waals surface area (Å²) in [4.78, 5) is 2.12. The zero-order valence-electron chi connectivity index (χ0n) is 8.32. The molecule has 4 nitrogen and oxygen atoms in total. The second-order valence-corrected chi connectivity index (χ2v) is 4.54. The summed E-state index contributed by atoms with van der Waals surface area (Å²) in [6.45, 7) is 7.81. The van der Waals surface area contributed by atoms with Gasteiger partial charge in [-0.2, -0.15) is 0 Å². The van der Waals surface area contributed by atoms with Crippen molar-refractivity contribution >= 4 is 15.1 Å². The Labute approximate surface area is 79.9 Å². The van der Waals surface area contributed by atoms with E-state index in [1.165, 1.54) is 0 Å². The lowest BCUT2D eigenvalue weighted by Gasteiger charge is -2.24. The summed E-state index contributed by atoms with van der Waals surface area (Å²) >= 11 is 0. The zero-order valence-corrected chi connectivity index (χ0v) is 9.13. The third kappa shape index (κ3) is 2.22. The molecule has 0 aromatic heterocycles. The van der Waals surface area contributed by atoms with Crippen molar-refractivity contribution < 1.29 is 12.9 Å². The molecule has 13 heavy (non-hydrogen) atoms. The molecule has 0 aliphatic carbocycles. The molecule has 2 unspecified atom stereocenters. The Morgan fingerprint density at radius 1 is 1.46 bits per heavy atom. The molecule has 0 aromatic carbocycles. The molecule has 0 amide bonds. The molecule has 2 atom stereocenters. The van der Waals surface area contributed by atoms with Gasteiger partial charge in [-0.1, -0.05) is 20.8 Å². The van der Waals surface area contributed by atoms with Crippen LogP contribution in [-0.2, 0) is 14.3 Å². The first-order valence-corrected chi connectivity index (χ1v) is 6.07. The van der Waals surface area contributed by atoms with E-state index in [9.17, 15) is 4.21 Å². The highest BCUT2D eigenvalue weighted by molar-refractivity contribution is 7.99. The zero-order chi connectivity index (χ0) is 10.1. The summed E-state index contributed by atoms with van der Waals surface area (Å²) in [5, 5.41) is 0.360. The van der Waals surface area contributed by atoms with Crippen molar-refractivity contribution in [1.82, 2.24) is 4.90 Å². The lowest BCUT2D eigenvalue weighted by Crippen LogP contribution is -2.37. The van der Waals surface area contributed by atoms with Crippen LogP contribution in [0.1, 0.15) is 27.2 Å². The molecular formula is C8H17NO3S. The van der Waals surface area contributed by atoms with Gasteiger partial charge in [0.25, 0.3) is 0 Å². The molecule has 0 saturated carbocycles. The Bertz CT molecular complexity index is 290. The van der Waals surface area contributed by atoms with Crippen molar-refractivity contribution in [2.24, 2.45) is 0 Å². The van der Waals surface area contributed by atoms with Crippen molar-refractivity contribution in [1.29, 1.82) is 0 Å². The molecule has 0 radical (unpaired) electrons. The molecule has 0 spiro atoms. The molecule has 5 heteroatoms. The first kappa shape index (κ1) is 11.0. The van der Waals surface area contributed by atoms with Gasteiger partial charge in [0.1, 0.15) is 0 Å². The van der Waals surface area contributed by atoms with Crippen molar-refractivity contribution in [3.63, 3.8) is 0 Å². The van der Waals surface area contributed by atoms with Gasteiger partial charge in [-0.05, 0) is 19.5 Å². The second kappa shape index (κ2) is 3.96. The van der Waals surface area contributed by atoms with Gasteiger partial charge in [0, 0.05) is 0 Å². The van der Waals surface area contributed by atoms with Crippen LogP contribution in [0.4, 0.5) is 0 Å².